The highest BCUT2D eigenvalue weighted by Gasteiger charge is 2.23. The fourth-order valence-electron chi connectivity index (χ4n) is 2.01. The molecule has 3 nitrogen and oxygen atoms in total. The normalized spacial score (nSPS) is 16.2. The highest BCUT2D eigenvalue weighted by atomic mass is 16.4. The van der Waals surface area contributed by atoms with E-state index < -0.39 is 5.97 Å². The Hall–Kier alpha value is -1.12. The summed E-state index contributed by atoms with van der Waals surface area (Å²) in [6.45, 7) is 2.11. The molecule has 0 aromatic heterocycles. The van der Waals surface area contributed by atoms with Crippen LogP contribution in [0.3, 0.4) is 0 Å². The number of carbonyl (C=O) groups excluding carboxylic acids is 1. The zero-order valence-electron chi connectivity index (χ0n) is 9.21. The van der Waals surface area contributed by atoms with E-state index in [1.165, 1.54) is 0 Å². The van der Waals surface area contributed by atoms with Crippen LogP contribution >= 0.6 is 0 Å². The number of carboxylic acid groups (broad SMARTS) is 1. The molecule has 0 spiro atoms. The van der Waals surface area contributed by atoms with E-state index in [-0.39, 0.29) is 12.2 Å². The minimum atomic E-state index is -0.826. The Morgan fingerprint density at radius 3 is 2.67 bits per heavy atom. The van der Waals surface area contributed by atoms with E-state index >= 15 is 0 Å². The first-order valence-corrected chi connectivity index (χ1v) is 5.61. The zero-order valence-corrected chi connectivity index (χ0v) is 9.21. The first-order valence-electron chi connectivity index (χ1n) is 5.61. The third-order valence-corrected chi connectivity index (χ3v) is 2.81. The Morgan fingerprint density at radius 2 is 2.07 bits per heavy atom. The summed E-state index contributed by atoms with van der Waals surface area (Å²) in [7, 11) is 0. The van der Waals surface area contributed by atoms with Crippen LogP contribution in [0, 0.1) is 0 Å². The molecule has 84 valence electrons. The van der Waals surface area contributed by atoms with E-state index in [1.807, 2.05) is 0 Å². The van der Waals surface area contributed by atoms with Gasteiger partial charge in [-0.2, -0.15) is 0 Å². The van der Waals surface area contributed by atoms with Crippen LogP contribution in [0.25, 0.3) is 0 Å². The largest absolute Gasteiger partial charge is 0.481 e. The number of carboxylic acids is 1. The quantitative estimate of drug-likeness (QED) is 0.686. The van der Waals surface area contributed by atoms with Crippen molar-refractivity contribution in [3.8, 4) is 0 Å². The van der Waals surface area contributed by atoms with Crippen molar-refractivity contribution in [2.24, 2.45) is 0 Å². The molecule has 0 heterocycles. The standard InChI is InChI=1S/C12H18O3/c1-2-3-4-5-10-9(8-12(14)15)6-7-11(10)13/h2-8H2,1H3,(H,14,15). The second kappa shape index (κ2) is 5.69. The van der Waals surface area contributed by atoms with E-state index in [0.29, 0.717) is 12.8 Å². The molecule has 0 fully saturated rings. The molecule has 0 aliphatic heterocycles. The van der Waals surface area contributed by atoms with E-state index in [9.17, 15) is 9.59 Å². The molecule has 0 bridgehead atoms. The number of allylic oxidation sites excluding steroid dienone is 1. The molecule has 3 heteroatoms. The molecule has 1 N–H and O–H groups in total. The van der Waals surface area contributed by atoms with Gasteiger partial charge in [0.05, 0.1) is 6.42 Å². The number of hydrogen-bond donors (Lipinski definition) is 1. The molecule has 0 radical (unpaired) electrons. The van der Waals surface area contributed by atoms with Gasteiger partial charge in [-0.05, 0) is 24.8 Å². The van der Waals surface area contributed by atoms with Crippen LogP contribution in [-0.2, 0) is 9.59 Å². The number of ketones is 1. The van der Waals surface area contributed by atoms with Crippen LogP contribution < -0.4 is 0 Å². The van der Waals surface area contributed by atoms with E-state index in [2.05, 4.69) is 6.92 Å². The predicted molar refractivity (Wildman–Crippen MR) is 57.7 cm³/mol. The molecule has 0 aromatic rings. The maximum absolute atomic E-state index is 11.5. The van der Waals surface area contributed by atoms with Crippen molar-refractivity contribution < 1.29 is 14.7 Å². The molecule has 15 heavy (non-hydrogen) atoms. The molecule has 0 saturated heterocycles. The Labute approximate surface area is 90.2 Å². The Kier molecular flexibility index (Phi) is 4.53. The van der Waals surface area contributed by atoms with Gasteiger partial charge in [-0.1, -0.05) is 25.3 Å². The van der Waals surface area contributed by atoms with Crippen molar-refractivity contribution in [2.45, 2.75) is 51.9 Å². The monoisotopic (exact) mass is 210 g/mol. The van der Waals surface area contributed by atoms with Gasteiger partial charge in [0.25, 0.3) is 0 Å². The summed E-state index contributed by atoms with van der Waals surface area (Å²) in [5.74, 6) is -0.657. The van der Waals surface area contributed by atoms with Crippen molar-refractivity contribution in [3.05, 3.63) is 11.1 Å². The van der Waals surface area contributed by atoms with Gasteiger partial charge < -0.3 is 5.11 Å². The number of rotatable bonds is 6. The third kappa shape index (κ3) is 3.50. The third-order valence-electron chi connectivity index (χ3n) is 2.81. The lowest BCUT2D eigenvalue weighted by Crippen LogP contribution is -2.00. The topological polar surface area (TPSA) is 54.4 Å². The van der Waals surface area contributed by atoms with Crippen molar-refractivity contribution >= 4 is 11.8 Å². The highest BCUT2D eigenvalue weighted by Crippen LogP contribution is 2.29. The second-order valence-electron chi connectivity index (χ2n) is 4.03. The van der Waals surface area contributed by atoms with Gasteiger partial charge in [0.1, 0.15) is 0 Å². The number of carbonyl (C=O) groups is 2. The number of Topliss-reactive ketones (excluding diaryl/α,β-unsaturated/α-hetero) is 1. The molecule has 0 unspecified atom stereocenters. The van der Waals surface area contributed by atoms with Crippen molar-refractivity contribution in [1.82, 2.24) is 0 Å². The molecule has 0 amide bonds. The van der Waals surface area contributed by atoms with Crippen LogP contribution in [0.15, 0.2) is 11.1 Å². The summed E-state index contributed by atoms with van der Waals surface area (Å²) >= 11 is 0. The van der Waals surface area contributed by atoms with E-state index in [0.717, 1.165) is 36.8 Å². The summed E-state index contributed by atoms with van der Waals surface area (Å²) in [5.41, 5.74) is 1.68. The first kappa shape index (κ1) is 12.0. The molecular weight excluding hydrogens is 192 g/mol. The summed E-state index contributed by atoms with van der Waals surface area (Å²) < 4.78 is 0. The molecule has 1 aliphatic rings. The number of unbranched alkanes of at least 4 members (excludes halogenated alkanes) is 2. The zero-order chi connectivity index (χ0) is 11.3. The van der Waals surface area contributed by atoms with Gasteiger partial charge in [-0.25, -0.2) is 0 Å². The maximum atomic E-state index is 11.5. The lowest BCUT2D eigenvalue weighted by molar-refractivity contribution is -0.136. The summed E-state index contributed by atoms with van der Waals surface area (Å²) in [5, 5.41) is 8.70. The Morgan fingerprint density at radius 1 is 1.33 bits per heavy atom. The lowest BCUT2D eigenvalue weighted by atomic mass is 10.0. The lowest BCUT2D eigenvalue weighted by Gasteiger charge is -2.03. The van der Waals surface area contributed by atoms with Gasteiger partial charge in [0, 0.05) is 6.42 Å². The van der Waals surface area contributed by atoms with Gasteiger partial charge in [-0.3, -0.25) is 9.59 Å². The number of aliphatic carboxylic acids is 1. The average molecular weight is 210 g/mol. The van der Waals surface area contributed by atoms with Crippen LogP contribution in [0.2, 0.25) is 0 Å². The van der Waals surface area contributed by atoms with Gasteiger partial charge >= 0.3 is 5.97 Å². The van der Waals surface area contributed by atoms with Crippen LogP contribution in [0.5, 0.6) is 0 Å². The fraction of sp³-hybridized carbons (Fsp3) is 0.667. The summed E-state index contributed by atoms with van der Waals surface area (Å²) in [4.78, 5) is 22.1. The smallest absolute Gasteiger partial charge is 0.307 e. The Balaban J connectivity index is 2.59. The van der Waals surface area contributed by atoms with Crippen LogP contribution in [0.4, 0.5) is 0 Å². The fourth-order valence-corrected chi connectivity index (χ4v) is 2.01. The van der Waals surface area contributed by atoms with Crippen LogP contribution in [0.1, 0.15) is 51.9 Å². The number of hydrogen-bond acceptors (Lipinski definition) is 2. The highest BCUT2D eigenvalue weighted by molar-refractivity contribution is 5.99. The second-order valence-corrected chi connectivity index (χ2v) is 4.03. The van der Waals surface area contributed by atoms with E-state index in [4.69, 9.17) is 5.11 Å². The Bertz CT molecular complexity index is 289. The minimum absolute atomic E-state index is 0.0488. The molecule has 0 saturated carbocycles. The van der Waals surface area contributed by atoms with Crippen molar-refractivity contribution in [1.29, 1.82) is 0 Å². The first-order chi connectivity index (χ1) is 7.15. The van der Waals surface area contributed by atoms with Gasteiger partial charge in [0.15, 0.2) is 5.78 Å². The van der Waals surface area contributed by atoms with Crippen LogP contribution in [-0.4, -0.2) is 16.9 Å². The molecular formula is C12H18O3. The average Bonchev–Trinajstić information content (AvgIpc) is 2.49. The molecule has 1 aliphatic carbocycles. The van der Waals surface area contributed by atoms with Crippen molar-refractivity contribution in [2.75, 3.05) is 0 Å². The van der Waals surface area contributed by atoms with E-state index in [1.54, 1.807) is 0 Å². The molecule has 0 aromatic carbocycles. The van der Waals surface area contributed by atoms with Crippen molar-refractivity contribution in [3.63, 3.8) is 0 Å². The van der Waals surface area contributed by atoms with Gasteiger partial charge in [-0.15, -0.1) is 0 Å². The molecule has 0 atom stereocenters. The summed E-state index contributed by atoms with van der Waals surface area (Å²) in [6.07, 6.45) is 5.23. The summed E-state index contributed by atoms with van der Waals surface area (Å²) in [6, 6.07) is 0. The maximum Gasteiger partial charge on any atom is 0.307 e. The predicted octanol–water partition coefficient (Wildman–Crippen LogP) is 2.70. The SMILES string of the molecule is CCCCCC1=C(CC(=O)O)CCC1=O. The minimum Gasteiger partial charge on any atom is -0.481 e. The molecule has 1 rings (SSSR count). The van der Waals surface area contributed by atoms with Gasteiger partial charge in [0.2, 0.25) is 0 Å².